The van der Waals surface area contributed by atoms with Gasteiger partial charge >= 0.3 is 0 Å². The summed E-state index contributed by atoms with van der Waals surface area (Å²) in [6.07, 6.45) is 8.37. The fraction of sp³-hybridized carbons (Fsp3) is 0.407. The Morgan fingerprint density at radius 1 is 1.33 bits per heavy atom. The molecule has 0 saturated carbocycles. The Bertz CT molecular complexity index is 1200. The highest BCUT2D eigenvalue weighted by Crippen LogP contribution is 2.43. The standard InChI is InChI=1S/C27H34N6O2S/c1-4-9-21(32-15-8-12-27(18-32)13-14-28-17-27)19(5-2)29-24(34)20-16-36-25(30-20)33-23-11-7-6-10-22(23)31(3)26(33)35/h4-7,9-11,16,26,28,35H,1,8,12-15,17-18H2,2-3H3,(H,29,34)/b19-5+,21-9+. The number of nitrogens with zero attached hydrogens (tertiary/aromatic N) is 4. The van der Waals surface area contributed by atoms with Gasteiger partial charge in [-0.15, -0.1) is 11.3 Å². The molecule has 2 fully saturated rings. The summed E-state index contributed by atoms with van der Waals surface area (Å²) < 4.78 is 0. The number of hydrogen-bond donors (Lipinski definition) is 3. The lowest BCUT2D eigenvalue weighted by Gasteiger charge is -2.42. The molecule has 190 valence electrons. The topological polar surface area (TPSA) is 84.0 Å². The van der Waals surface area contributed by atoms with E-state index < -0.39 is 6.35 Å². The minimum Gasteiger partial charge on any atom is -0.369 e. The summed E-state index contributed by atoms with van der Waals surface area (Å²) in [5, 5.41) is 19.7. The molecule has 2 unspecified atom stereocenters. The van der Waals surface area contributed by atoms with Gasteiger partial charge in [0.2, 0.25) is 6.35 Å². The van der Waals surface area contributed by atoms with Crippen LogP contribution in [0.25, 0.3) is 0 Å². The molecule has 2 aromatic rings. The monoisotopic (exact) mass is 506 g/mol. The van der Waals surface area contributed by atoms with Crippen LogP contribution >= 0.6 is 11.3 Å². The van der Waals surface area contributed by atoms with Crippen molar-refractivity contribution in [3.8, 4) is 0 Å². The molecule has 8 nitrogen and oxygen atoms in total. The van der Waals surface area contributed by atoms with Crippen molar-refractivity contribution in [3.05, 3.63) is 71.5 Å². The molecule has 9 heteroatoms. The number of thiazole rings is 1. The predicted octanol–water partition coefficient (Wildman–Crippen LogP) is 3.79. The van der Waals surface area contributed by atoms with E-state index in [1.54, 1.807) is 21.3 Å². The first kappa shape index (κ1) is 24.5. The second-order valence-corrected chi connectivity index (χ2v) is 10.6. The highest BCUT2D eigenvalue weighted by Gasteiger charge is 2.39. The predicted molar refractivity (Wildman–Crippen MR) is 145 cm³/mol. The lowest BCUT2D eigenvalue weighted by molar-refractivity contribution is 0.0955. The minimum atomic E-state index is -0.880. The number of rotatable bonds is 6. The van der Waals surface area contributed by atoms with Gasteiger partial charge in [-0.25, -0.2) is 4.98 Å². The third-order valence-corrected chi connectivity index (χ3v) is 8.29. The Hall–Kier alpha value is -3.14. The van der Waals surface area contributed by atoms with Crippen molar-refractivity contribution in [2.45, 2.75) is 32.5 Å². The largest absolute Gasteiger partial charge is 0.369 e. The lowest BCUT2D eigenvalue weighted by Crippen LogP contribution is -2.45. The van der Waals surface area contributed by atoms with Crippen LogP contribution in [0.5, 0.6) is 0 Å². The number of aromatic nitrogens is 1. The summed E-state index contributed by atoms with van der Waals surface area (Å²) >= 11 is 1.34. The van der Waals surface area contributed by atoms with Gasteiger partial charge < -0.3 is 25.5 Å². The molecule has 2 atom stereocenters. The number of amides is 1. The average molecular weight is 507 g/mol. The number of anilines is 3. The van der Waals surface area contributed by atoms with Crippen molar-refractivity contribution < 1.29 is 9.90 Å². The van der Waals surface area contributed by atoms with Gasteiger partial charge in [-0.1, -0.05) is 30.9 Å². The van der Waals surface area contributed by atoms with Crippen molar-refractivity contribution in [3.63, 3.8) is 0 Å². The van der Waals surface area contributed by atoms with Crippen LogP contribution < -0.4 is 20.4 Å². The van der Waals surface area contributed by atoms with Gasteiger partial charge in [0.15, 0.2) is 5.13 Å². The van der Waals surface area contributed by atoms with E-state index in [1.807, 2.05) is 50.4 Å². The number of carbonyl (C=O) groups is 1. The molecule has 0 radical (unpaired) electrons. The number of nitrogens with one attached hydrogen (secondary N) is 2. The molecule has 5 rings (SSSR count). The molecule has 3 aliphatic heterocycles. The fourth-order valence-electron chi connectivity index (χ4n) is 5.57. The fourth-order valence-corrected chi connectivity index (χ4v) is 6.41. The molecule has 1 amide bonds. The molecule has 0 aliphatic carbocycles. The second kappa shape index (κ2) is 10.1. The first-order chi connectivity index (χ1) is 17.5. The zero-order valence-electron chi connectivity index (χ0n) is 20.9. The first-order valence-electron chi connectivity index (χ1n) is 12.5. The maximum absolute atomic E-state index is 13.3. The van der Waals surface area contributed by atoms with Crippen LogP contribution in [0, 0.1) is 5.41 Å². The molecule has 3 aliphatic rings. The molecular weight excluding hydrogens is 472 g/mol. The van der Waals surface area contributed by atoms with E-state index in [0.29, 0.717) is 16.2 Å². The zero-order chi connectivity index (χ0) is 25.3. The maximum atomic E-state index is 13.3. The van der Waals surface area contributed by atoms with E-state index >= 15 is 0 Å². The SMILES string of the molecule is C=C/C=C(\C(=C/C)NC(=O)c1csc(N2c3ccccc3N(C)C2O)n1)N1CCCC2(CCNC2)C1. The number of aliphatic hydroxyl groups is 1. The minimum absolute atomic E-state index is 0.273. The van der Waals surface area contributed by atoms with Crippen LogP contribution in [0.15, 0.2) is 65.8 Å². The van der Waals surface area contributed by atoms with Crippen LogP contribution in [-0.2, 0) is 0 Å². The van der Waals surface area contributed by atoms with Crippen molar-refractivity contribution in [1.29, 1.82) is 0 Å². The smallest absolute Gasteiger partial charge is 0.275 e. The molecule has 1 aromatic carbocycles. The van der Waals surface area contributed by atoms with Gasteiger partial charge in [0, 0.05) is 37.5 Å². The molecule has 4 heterocycles. The summed E-state index contributed by atoms with van der Waals surface area (Å²) in [5.41, 5.74) is 4.13. The lowest BCUT2D eigenvalue weighted by atomic mass is 9.79. The number of hydrogen-bond acceptors (Lipinski definition) is 8. The quantitative estimate of drug-likeness (QED) is 0.514. The van der Waals surface area contributed by atoms with Gasteiger partial charge in [0.1, 0.15) is 5.69 Å². The van der Waals surface area contributed by atoms with Gasteiger partial charge in [-0.3, -0.25) is 9.69 Å². The average Bonchev–Trinajstić information content (AvgIpc) is 3.61. The third-order valence-electron chi connectivity index (χ3n) is 7.45. The second-order valence-electron chi connectivity index (χ2n) is 9.73. The van der Waals surface area contributed by atoms with Crippen LogP contribution in [-0.4, -0.2) is 60.5 Å². The van der Waals surface area contributed by atoms with Gasteiger partial charge in [-0.05, 0) is 50.9 Å². The van der Waals surface area contributed by atoms with Gasteiger partial charge in [-0.2, -0.15) is 0 Å². The summed E-state index contributed by atoms with van der Waals surface area (Å²) in [6.45, 7) is 9.89. The number of allylic oxidation sites excluding steroid dienone is 3. The number of carbonyl (C=O) groups excluding carboxylic acids is 1. The maximum Gasteiger partial charge on any atom is 0.275 e. The van der Waals surface area contributed by atoms with E-state index in [-0.39, 0.29) is 5.91 Å². The number of benzene rings is 1. The number of piperidine rings is 1. The number of likely N-dealkylation sites (tertiary alicyclic amines) is 1. The van der Waals surface area contributed by atoms with Gasteiger partial charge in [0.05, 0.1) is 22.8 Å². The van der Waals surface area contributed by atoms with Gasteiger partial charge in [0.25, 0.3) is 5.91 Å². The third kappa shape index (κ3) is 4.42. The molecule has 2 saturated heterocycles. The number of aliphatic hydroxyl groups excluding tert-OH is 1. The Labute approximate surface area is 216 Å². The highest BCUT2D eigenvalue weighted by atomic mass is 32.1. The van der Waals surface area contributed by atoms with Crippen LogP contribution in [0.3, 0.4) is 0 Å². The van der Waals surface area contributed by atoms with E-state index in [0.717, 1.165) is 55.4 Å². The first-order valence-corrected chi connectivity index (χ1v) is 13.4. The normalized spacial score (nSPS) is 24.4. The Morgan fingerprint density at radius 3 is 2.86 bits per heavy atom. The van der Waals surface area contributed by atoms with Crippen molar-refractivity contribution in [1.82, 2.24) is 20.5 Å². The molecule has 1 aromatic heterocycles. The molecule has 36 heavy (non-hydrogen) atoms. The number of fused-ring (bicyclic) bond motifs is 1. The van der Waals surface area contributed by atoms with E-state index in [4.69, 9.17) is 0 Å². The number of para-hydroxylation sites is 2. The molecule has 0 bridgehead atoms. The zero-order valence-corrected chi connectivity index (χ0v) is 21.7. The molecule has 1 spiro atoms. The summed E-state index contributed by atoms with van der Waals surface area (Å²) in [4.78, 5) is 23.8. The van der Waals surface area contributed by atoms with Crippen molar-refractivity contribution in [2.75, 3.05) is 43.0 Å². The summed E-state index contributed by atoms with van der Waals surface area (Å²) in [7, 11) is 1.84. The summed E-state index contributed by atoms with van der Waals surface area (Å²) in [6, 6.07) is 7.76. The van der Waals surface area contributed by atoms with Crippen LogP contribution in [0.1, 0.15) is 36.7 Å². The highest BCUT2D eigenvalue weighted by molar-refractivity contribution is 7.14. The Morgan fingerprint density at radius 2 is 2.14 bits per heavy atom. The Kier molecular flexibility index (Phi) is 6.87. The van der Waals surface area contributed by atoms with Crippen LogP contribution in [0.2, 0.25) is 0 Å². The van der Waals surface area contributed by atoms with E-state index in [1.165, 1.54) is 24.2 Å². The summed E-state index contributed by atoms with van der Waals surface area (Å²) in [5.74, 6) is -0.273. The van der Waals surface area contributed by atoms with Crippen LogP contribution in [0.4, 0.5) is 16.5 Å². The Balaban J connectivity index is 1.34. The molecular formula is C27H34N6O2S. The van der Waals surface area contributed by atoms with E-state index in [9.17, 15) is 9.90 Å². The van der Waals surface area contributed by atoms with Crippen molar-refractivity contribution in [2.24, 2.45) is 5.41 Å². The van der Waals surface area contributed by atoms with Crippen molar-refractivity contribution >= 4 is 33.8 Å². The molecule has 3 N–H and O–H groups in total. The van der Waals surface area contributed by atoms with E-state index in [2.05, 4.69) is 27.1 Å².